The minimum Gasteiger partial charge on any atom is -0.361 e. The van der Waals surface area contributed by atoms with Crippen LogP contribution < -0.4 is 0 Å². The molecule has 19 heavy (non-hydrogen) atoms. The number of rotatable bonds is 1. The number of alkyl halides is 3. The molecule has 3 rings (SSSR count). The molecule has 1 nitrogen and oxygen atoms in total. The van der Waals surface area contributed by atoms with Crippen molar-refractivity contribution in [2.24, 2.45) is 0 Å². The molecule has 1 heterocycles. The van der Waals surface area contributed by atoms with Crippen LogP contribution in [-0.2, 0) is 6.18 Å². The highest BCUT2D eigenvalue weighted by molar-refractivity contribution is 5.95. The van der Waals surface area contributed by atoms with E-state index in [2.05, 4.69) is 4.98 Å². The van der Waals surface area contributed by atoms with Crippen LogP contribution in [0, 0.1) is 0 Å². The fraction of sp³-hybridized carbons (Fsp3) is 0.0667. The first-order chi connectivity index (χ1) is 9.05. The van der Waals surface area contributed by atoms with Gasteiger partial charge in [0.05, 0.1) is 5.56 Å². The van der Waals surface area contributed by atoms with Gasteiger partial charge in [-0.25, -0.2) is 0 Å². The van der Waals surface area contributed by atoms with Gasteiger partial charge in [0, 0.05) is 17.1 Å². The summed E-state index contributed by atoms with van der Waals surface area (Å²) in [5.74, 6) is 0. The maximum atomic E-state index is 12.7. The predicted molar refractivity (Wildman–Crippen MR) is 68.7 cm³/mol. The van der Waals surface area contributed by atoms with Crippen LogP contribution in [0.5, 0.6) is 0 Å². The van der Waals surface area contributed by atoms with Crippen LogP contribution >= 0.6 is 0 Å². The topological polar surface area (TPSA) is 15.8 Å². The summed E-state index contributed by atoms with van der Waals surface area (Å²) in [5.41, 5.74) is 1.65. The molecule has 2 aromatic carbocycles. The van der Waals surface area contributed by atoms with E-state index in [-0.39, 0.29) is 0 Å². The first-order valence-electron chi connectivity index (χ1n) is 5.79. The Hall–Kier alpha value is -2.23. The van der Waals surface area contributed by atoms with Crippen molar-refractivity contribution >= 4 is 10.9 Å². The van der Waals surface area contributed by atoms with Crippen LogP contribution in [0.1, 0.15) is 5.56 Å². The number of hydrogen-bond donors (Lipinski definition) is 1. The molecule has 0 amide bonds. The molecule has 0 saturated carbocycles. The Kier molecular flexibility index (Phi) is 2.59. The molecule has 0 fully saturated rings. The molecule has 0 bridgehead atoms. The quantitative estimate of drug-likeness (QED) is 0.644. The van der Waals surface area contributed by atoms with Crippen LogP contribution in [0.15, 0.2) is 54.7 Å². The first kappa shape index (κ1) is 11.8. The van der Waals surface area contributed by atoms with Crippen molar-refractivity contribution in [1.29, 1.82) is 0 Å². The zero-order valence-corrected chi connectivity index (χ0v) is 9.83. The molecule has 3 aromatic rings. The molecular formula is C15H10F3N. The Morgan fingerprint density at radius 2 is 1.68 bits per heavy atom. The third-order valence-electron chi connectivity index (χ3n) is 3.10. The maximum absolute atomic E-state index is 12.7. The standard InChI is InChI=1S/C15H10F3N/c16-15(17,18)11-4-1-3-10(9-11)12-5-2-6-14-13(12)7-8-19-14/h1-9,19H. The second-order valence-corrected chi connectivity index (χ2v) is 4.32. The zero-order valence-electron chi connectivity index (χ0n) is 9.83. The van der Waals surface area contributed by atoms with Crippen molar-refractivity contribution in [3.8, 4) is 11.1 Å². The van der Waals surface area contributed by atoms with Crippen LogP contribution in [0.25, 0.3) is 22.0 Å². The Morgan fingerprint density at radius 3 is 2.47 bits per heavy atom. The highest BCUT2D eigenvalue weighted by Gasteiger charge is 2.30. The van der Waals surface area contributed by atoms with E-state index in [1.165, 1.54) is 12.1 Å². The Labute approximate surface area is 107 Å². The van der Waals surface area contributed by atoms with Crippen molar-refractivity contribution in [2.75, 3.05) is 0 Å². The van der Waals surface area contributed by atoms with Gasteiger partial charge in [-0.2, -0.15) is 13.2 Å². The summed E-state index contributed by atoms with van der Waals surface area (Å²) in [7, 11) is 0. The molecule has 96 valence electrons. The molecule has 0 spiro atoms. The van der Waals surface area contributed by atoms with Crippen molar-refractivity contribution in [3.63, 3.8) is 0 Å². The van der Waals surface area contributed by atoms with E-state index in [0.717, 1.165) is 22.5 Å². The summed E-state index contributed by atoms with van der Waals surface area (Å²) >= 11 is 0. The summed E-state index contributed by atoms with van der Waals surface area (Å²) in [6, 6.07) is 12.8. The lowest BCUT2D eigenvalue weighted by Gasteiger charge is -2.09. The SMILES string of the molecule is FC(F)(F)c1cccc(-c2cccc3[nH]ccc23)c1. The van der Waals surface area contributed by atoms with E-state index >= 15 is 0 Å². The van der Waals surface area contributed by atoms with Gasteiger partial charge in [-0.05, 0) is 35.4 Å². The van der Waals surface area contributed by atoms with Crippen LogP contribution in [0.3, 0.4) is 0 Å². The highest BCUT2D eigenvalue weighted by Crippen LogP contribution is 2.34. The monoisotopic (exact) mass is 261 g/mol. The smallest absolute Gasteiger partial charge is 0.361 e. The maximum Gasteiger partial charge on any atom is 0.416 e. The summed E-state index contributed by atoms with van der Waals surface area (Å²) in [4.78, 5) is 3.05. The predicted octanol–water partition coefficient (Wildman–Crippen LogP) is 4.85. The van der Waals surface area contributed by atoms with E-state index in [9.17, 15) is 13.2 Å². The molecule has 0 aliphatic rings. The van der Waals surface area contributed by atoms with Gasteiger partial charge in [0.1, 0.15) is 0 Å². The number of hydrogen-bond acceptors (Lipinski definition) is 0. The van der Waals surface area contributed by atoms with Crippen LogP contribution in [0.2, 0.25) is 0 Å². The lowest BCUT2D eigenvalue weighted by molar-refractivity contribution is -0.137. The van der Waals surface area contributed by atoms with Crippen LogP contribution in [0.4, 0.5) is 13.2 Å². The molecule has 0 saturated heterocycles. The van der Waals surface area contributed by atoms with Gasteiger partial charge in [0.15, 0.2) is 0 Å². The van der Waals surface area contributed by atoms with E-state index in [4.69, 9.17) is 0 Å². The fourth-order valence-corrected chi connectivity index (χ4v) is 2.20. The van der Waals surface area contributed by atoms with Gasteiger partial charge < -0.3 is 4.98 Å². The summed E-state index contributed by atoms with van der Waals surface area (Å²) in [6.07, 6.45) is -2.54. The Balaban J connectivity index is 2.19. The van der Waals surface area contributed by atoms with Gasteiger partial charge >= 0.3 is 6.18 Å². The molecule has 0 aliphatic carbocycles. The average Bonchev–Trinajstić information content (AvgIpc) is 2.86. The van der Waals surface area contributed by atoms with E-state index < -0.39 is 11.7 Å². The van der Waals surface area contributed by atoms with Gasteiger partial charge in [0.25, 0.3) is 0 Å². The van der Waals surface area contributed by atoms with E-state index in [0.29, 0.717) is 5.56 Å². The molecule has 0 radical (unpaired) electrons. The number of fused-ring (bicyclic) bond motifs is 1. The highest BCUT2D eigenvalue weighted by atomic mass is 19.4. The van der Waals surface area contributed by atoms with Crippen molar-refractivity contribution < 1.29 is 13.2 Å². The van der Waals surface area contributed by atoms with Gasteiger partial charge in [-0.3, -0.25) is 0 Å². The average molecular weight is 261 g/mol. The molecular weight excluding hydrogens is 251 g/mol. The Morgan fingerprint density at radius 1 is 0.895 bits per heavy atom. The third-order valence-corrected chi connectivity index (χ3v) is 3.10. The van der Waals surface area contributed by atoms with E-state index in [1.54, 1.807) is 12.3 Å². The first-order valence-corrected chi connectivity index (χ1v) is 5.79. The lowest BCUT2D eigenvalue weighted by Crippen LogP contribution is -2.04. The molecule has 1 N–H and O–H groups in total. The van der Waals surface area contributed by atoms with Gasteiger partial charge in [-0.1, -0.05) is 24.3 Å². The second kappa shape index (κ2) is 4.16. The van der Waals surface area contributed by atoms with Crippen LogP contribution in [-0.4, -0.2) is 4.98 Å². The van der Waals surface area contributed by atoms with Gasteiger partial charge in [0.2, 0.25) is 0 Å². The Bertz CT molecular complexity index is 725. The minimum atomic E-state index is -4.32. The number of nitrogens with one attached hydrogen (secondary N) is 1. The van der Waals surface area contributed by atoms with Gasteiger partial charge in [-0.15, -0.1) is 0 Å². The molecule has 1 aromatic heterocycles. The number of benzene rings is 2. The minimum absolute atomic E-state index is 0.569. The fourth-order valence-electron chi connectivity index (χ4n) is 2.20. The van der Waals surface area contributed by atoms with Crippen molar-refractivity contribution in [3.05, 3.63) is 60.3 Å². The number of aromatic amines is 1. The third kappa shape index (κ3) is 2.10. The van der Waals surface area contributed by atoms with E-state index in [1.807, 2.05) is 24.3 Å². The molecule has 0 atom stereocenters. The second-order valence-electron chi connectivity index (χ2n) is 4.32. The molecule has 0 aliphatic heterocycles. The molecule has 4 heteroatoms. The number of aromatic nitrogens is 1. The van der Waals surface area contributed by atoms with Crippen molar-refractivity contribution in [1.82, 2.24) is 4.98 Å². The molecule has 0 unspecified atom stereocenters. The number of H-pyrrole nitrogens is 1. The zero-order chi connectivity index (χ0) is 13.5. The normalized spacial score (nSPS) is 11.9. The van der Waals surface area contributed by atoms with Crippen molar-refractivity contribution in [2.45, 2.75) is 6.18 Å². The lowest BCUT2D eigenvalue weighted by atomic mass is 10.00. The summed E-state index contributed by atoms with van der Waals surface area (Å²) in [5, 5.41) is 0.918. The summed E-state index contributed by atoms with van der Waals surface area (Å²) < 4.78 is 38.2. The largest absolute Gasteiger partial charge is 0.416 e. The number of halogens is 3. The summed E-state index contributed by atoms with van der Waals surface area (Å²) in [6.45, 7) is 0.